The van der Waals surface area contributed by atoms with Gasteiger partial charge in [-0.3, -0.25) is 14.0 Å². The fourth-order valence-electron chi connectivity index (χ4n) is 4.69. The number of nitrogens with zero attached hydrogens (tertiary/aromatic N) is 5. The predicted molar refractivity (Wildman–Crippen MR) is 164 cm³/mol. The number of aryl methyl sites for hydroxylation is 1. The molecule has 3 aliphatic rings. The number of alkyl halides is 3. The van der Waals surface area contributed by atoms with E-state index >= 15 is 0 Å². The lowest BCUT2D eigenvalue weighted by molar-refractivity contribution is -0.137. The van der Waals surface area contributed by atoms with E-state index in [0.717, 1.165) is 0 Å². The first-order valence-corrected chi connectivity index (χ1v) is 16.0. The van der Waals surface area contributed by atoms with Crippen molar-refractivity contribution in [1.29, 1.82) is 0 Å². The average molecular weight is 661 g/mol. The summed E-state index contributed by atoms with van der Waals surface area (Å²) < 4.78 is 74.2. The van der Waals surface area contributed by atoms with Crippen LogP contribution in [0, 0.1) is 0 Å². The number of pyridine rings is 1. The molecular weight excluding hydrogens is 628 g/mol. The van der Waals surface area contributed by atoms with Crippen molar-refractivity contribution in [3.05, 3.63) is 65.7 Å². The van der Waals surface area contributed by atoms with Gasteiger partial charge in [-0.05, 0) is 49.6 Å². The maximum absolute atomic E-state index is 14.1. The summed E-state index contributed by atoms with van der Waals surface area (Å²) in [6.45, 7) is 2.62. The summed E-state index contributed by atoms with van der Waals surface area (Å²) in [5.74, 6) is -1.14. The normalized spacial score (nSPS) is 17.2. The molecule has 244 valence electrons. The van der Waals surface area contributed by atoms with Gasteiger partial charge in [0.2, 0.25) is 5.95 Å². The molecule has 6 heterocycles. The summed E-state index contributed by atoms with van der Waals surface area (Å²) in [6.07, 6.45) is 0.332. The Morgan fingerprint density at radius 3 is 2.67 bits per heavy atom. The highest BCUT2D eigenvalue weighted by atomic mass is 31.2. The van der Waals surface area contributed by atoms with Crippen LogP contribution in [0.25, 0.3) is 11.3 Å². The highest BCUT2D eigenvalue weighted by Gasteiger charge is 2.36. The third-order valence-corrected chi connectivity index (χ3v) is 8.88. The molecular formula is C29H32F3N8O5P. The van der Waals surface area contributed by atoms with Crippen molar-refractivity contribution >= 4 is 36.6 Å². The van der Waals surface area contributed by atoms with E-state index in [1.54, 1.807) is 48.3 Å². The summed E-state index contributed by atoms with van der Waals surface area (Å²) in [5, 5.41) is 12.3. The number of fused-ring (bicyclic) bond motifs is 2. The fraction of sp³-hybridized carbons (Fsp3) is 0.345. The fourth-order valence-corrected chi connectivity index (χ4v) is 6.39. The summed E-state index contributed by atoms with van der Waals surface area (Å²) >= 11 is 0. The third-order valence-electron chi connectivity index (χ3n) is 6.90. The minimum absolute atomic E-state index is 0.00954. The molecule has 1 amide bonds. The molecule has 1 unspecified atom stereocenters. The molecule has 0 saturated heterocycles. The number of carbonyl (C=O) groups is 1. The second-order valence-corrected chi connectivity index (χ2v) is 12.2. The van der Waals surface area contributed by atoms with Gasteiger partial charge in [0.25, 0.3) is 5.91 Å². The molecule has 46 heavy (non-hydrogen) atoms. The Hall–Kier alpha value is -4.53. The number of halogens is 3. The summed E-state index contributed by atoms with van der Waals surface area (Å²) in [4.78, 5) is 25.2. The molecule has 1 aromatic carbocycles. The number of hydrogen-bond donors (Lipinski definition) is 3. The molecule has 0 aliphatic carbocycles. The lowest BCUT2D eigenvalue weighted by Gasteiger charge is -2.19. The summed E-state index contributed by atoms with van der Waals surface area (Å²) in [6, 6.07) is 7.89. The van der Waals surface area contributed by atoms with E-state index in [9.17, 15) is 22.5 Å². The Kier molecular flexibility index (Phi) is 9.89. The first-order chi connectivity index (χ1) is 22.0. The standard InChI is InChI=1S/C29H32F3N8O5P/c1-4-44-46(42)17-18-7-8-22(24(13-18)43-3)38-28-34-15-20(29(30,31)32)26(39-28)37-23-10-9-21(36-25(23)27(41)33-2)19-14-35-40(16-19)11-5-6-12-45-46/h7-10,13-16H,4-6,11-12,17H2,1-3H3,(H,33,41)(H2,34,37,38,39). The van der Waals surface area contributed by atoms with Gasteiger partial charge in [0, 0.05) is 31.5 Å². The van der Waals surface area contributed by atoms with Gasteiger partial charge in [0.05, 0.1) is 49.8 Å². The predicted octanol–water partition coefficient (Wildman–Crippen LogP) is 6.15. The minimum atomic E-state index is -4.82. The molecule has 4 aromatic rings. The van der Waals surface area contributed by atoms with Crippen LogP contribution in [-0.4, -0.2) is 58.0 Å². The SMILES string of the molecule is CCOP1(=O)Cc2ccc(c(OC)c2)Nc2ncc(C(F)(F)F)c(n2)Nc2ccc(nc2C(=O)NC)-c2cnn(c2)CCCCO1. The molecule has 3 N–H and O–H groups in total. The zero-order chi connectivity index (χ0) is 32.9. The quantitative estimate of drug-likeness (QED) is 0.216. The Bertz CT molecular complexity index is 1770. The van der Waals surface area contributed by atoms with Crippen LogP contribution < -0.4 is 20.7 Å². The number of amides is 1. The number of methoxy groups -OCH3 is 1. The molecule has 3 aromatic heterocycles. The van der Waals surface area contributed by atoms with E-state index in [0.29, 0.717) is 48.1 Å². The smallest absolute Gasteiger partial charge is 0.421 e. The maximum atomic E-state index is 14.1. The number of anilines is 4. The molecule has 0 saturated carbocycles. The molecule has 8 bridgehead atoms. The van der Waals surface area contributed by atoms with Gasteiger partial charge in [-0.1, -0.05) is 6.07 Å². The summed E-state index contributed by atoms with van der Waals surface area (Å²) in [7, 11) is -0.718. The third kappa shape index (κ3) is 7.63. The van der Waals surface area contributed by atoms with Crippen molar-refractivity contribution in [2.75, 3.05) is 38.0 Å². The molecule has 0 fully saturated rings. The molecule has 3 aliphatic heterocycles. The van der Waals surface area contributed by atoms with Crippen LogP contribution in [0.2, 0.25) is 0 Å². The van der Waals surface area contributed by atoms with Crippen molar-refractivity contribution in [3.8, 4) is 17.0 Å². The second-order valence-electron chi connectivity index (χ2n) is 10.1. The molecule has 0 spiro atoms. The van der Waals surface area contributed by atoms with Gasteiger partial charge in [0.1, 0.15) is 17.1 Å². The van der Waals surface area contributed by atoms with E-state index in [-0.39, 0.29) is 42.5 Å². The van der Waals surface area contributed by atoms with Gasteiger partial charge in [-0.2, -0.15) is 23.3 Å². The van der Waals surface area contributed by atoms with Crippen molar-refractivity contribution in [1.82, 2.24) is 30.0 Å². The maximum Gasteiger partial charge on any atom is 0.421 e. The van der Waals surface area contributed by atoms with E-state index in [1.807, 2.05) is 0 Å². The monoisotopic (exact) mass is 660 g/mol. The van der Waals surface area contributed by atoms with Crippen molar-refractivity contribution in [2.45, 2.75) is 38.6 Å². The number of aromatic nitrogens is 5. The Morgan fingerprint density at radius 1 is 1.13 bits per heavy atom. The van der Waals surface area contributed by atoms with E-state index in [4.69, 9.17) is 13.8 Å². The summed E-state index contributed by atoms with van der Waals surface area (Å²) in [5.41, 5.74) is 0.576. The number of hydrogen-bond acceptors (Lipinski definition) is 11. The molecule has 1 atom stereocenters. The number of rotatable bonds is 4. The molecule has 13 nitrogen and oxygen atoms in total. The van der Waals surface area contributed by atoms with Crippen LogP contribution in [0.4, 0.5) is 36.3 Å². The Labute approximate surface area is 262 Å². The molecule has 7 rings (SSSR count). The van der Waals surface area contributed by atoms with Gasteiger partial charge >= 0.3 is 13.8 Å². The zero-order valence-corrected chi connectivity index (χ0v) is 26.1. The highest BCUT2D eigenvalue weighted by molar-refractivity contribution is 7.53. The van der Waals surface area contributed by atoms with Gasteiger partial charge in [0.15, 0.2) is 5.69 Å². The zero-order valence-electron chi connectivity index (χ0n) is 25.2. The van der Waals surface area contributed by atoms with Crippen LogP contribution in [-0.2, 0) is 32.5 Å². The number of nitrogens with one attached hydrogen (secondary N) is 3. The van der Waals surface area contributed by atoms with Gasteiger partial charge in [-0.25, -0.2) is 9.97 Å². The van der Waals surface area contributed by atoms with Crippen LogP contribution in [0.5, 0.6) is 5.75 Å². The van der Waals surface area contributed by atoms with Crippen molar-refractivity contribution in [3.63, 3.8) is 0 Å². The number of benzene rings is 1. The first-order valence-electron chi connectivity index (χ1n) is 14.3. The van der Waals surface area contributed by atoms with Crippen molar-refractivity contribution < 1.29 is 36.3 Å². The van der Waals surface area contributed by atoms with E-state index in [1.165, 1.54) is 20.2 Å². The average Bonchev–Trinajstić information content (AvgIpc) is 3.49. The van der Waals surface area contributed by atoms with Crippen LogP contribution in [0.1, 0.15) is 41.4 Å². The number of carbonyl (C=O) groups excluding carboxylic acids is 1. The van der Waals surface area contributed by atoms with Crippen LogP contribution >= 0.6 is 7.60 Å². The topological polar surface area (TPSA) is 154 Å². The first kappa shape index (κ1) is 32.9. The van der Waals surface area contributed by atoms with Crippen molar-refractivity contribution in [2.24, 2.45) is 0 Å². The van der Waals surface area contributed by atoms with Gasteiger partial charge in [-0.15, -0.1) is 0 Å². The Balaban J connectivity index is 1.60. The van der Waals surface area contributed by atoms with Crippen LogP contribution in [0.3, 0.4) is 0 Å². The van der Waals surface area contributed by atoms with E-state index in [2.05, 4.69) is 36.0 Å². The van der Waals surface area contributed by atoms with E-state index < -0.39 is 31.1 Å². The van der Waals surface area contributed by atoms with Crippen LogP contribution in [0.15, 0.2) is 48.9 Å². The van der Waals surface area contributed by atoms with Gasteiger partial charge < -0.3 is 29.7 Å². The second kappa shape index (κ2) is 13.8. The highest BCUT2D eigenvalue weighted by Crippen LogP contribution is 2.52. The number of ether oxygens (including phenoxy) is 1. The molecule has 0 radical (unpaired) electrons. The Morgan fingerprint density at radius 2 is 1.93 bits per heavy atom. The largest absolute Gasteiger partial charge is 0.495 e. The minimum Gasteiger partial charge on any atom is -0.495 e. The lowest BCUT2D eigenvalue weighted by Crippen LogP contribution is -2.21. The molecule has 17 heteroatoms. The lowest BCUT2D eigenvalue weighted by atomic mass is 10.1.